The van der Waals surface area contributed by atoms with E-state index in [1.165, 1.54) is 5.56 Å². The maximum absolute atomic E-state index is 12.6. The van der Waals surface area contributed by atoms with Crippen molar-refractivity contribution in [3.05, 3.63) is 100 Å². The van der Waals surface area contributed by atoms with E-state index >= 15 is 0 Å². The van der Waals surface area contributed by atoms with Crippen LogP contribution < -0.4 is 10.1 Å². The van der Waals surface area contributed by atoms with E-state index in [0.29, 0.717) is 17.3 Å². The summed E-state index contributed by atoms with van der Waals surface area (Å²) < 4.78 is 13.1. The van der Waals surface area contributed by atoms with Gasteiger partial charge < -0.3 is 14.5 Å². The summed E-state index contributed by atoms with van der Waals surface area (Å²) in [5.41, 5.74) is 3.44. The number of carbonyl (C=O) groups is 1. The van der Waals surface area contributed by atoms with Crippen molar-refractivity contribution in [1.82, 2.24) is 9.78 Å². The van der Waals surface area contributed by atoms with Gasteiger partial charge in [-0.3, -0.25) is 9.48 Å². The van der Waals surface area contributed by atoms with E-state index in [2.05, 4.69) is 10.4 Å². The molecule has 0 aliphatic rings. The molecule has 0 saturated carbocycles. The summed E-state index contributed by atoms with van der Waals surface area (Å²) in [6.07, 6.45) is 1.68. The molecular formula is C24H22ClN3O3. The fourth-order valence-corrected chi connectivity index (χ4v) is 3.24. The summed E-state index contributed by atoms with van der Waals surface area (Å²) in [6, 6.07) is 19.1. The Hall–Kier alpha value is -3.51. The van der Waals surface area contributed by atoms with Crippen LogP contribution >= 0.6 is 11.6 Å². The monoisotopic (exact) mass is 435 g/mol. The number of nitrogens with one attached hydrogen (secondary N) is 1. The lowest BCUT2D eigenvalue weighted by molar-refractivity contribution is 0.0992. The molecule has 0 saturated heterocycles. The molecule has 0 atom stereocenters. The maximum Gasteiger partial charge on any atom is 0.292 e. The van der Waals surface area contributed by atoms with Crippen molar-refractivity contribution in [3.63, 3.8) is 0 Å². The van der Waals surface area contributed by atoms with Crippen LogP contribution in [0.5, 0.6) is 5.75 Å². The van der Waals surface area contributed by atoms with E-state index in [-0.39, 0.29) is 18.2 Å². The molecule has 0 spiro atoms. The highest BCUT2D eigenvalue weighted by molar-refractivity contribution is 6.33. The smallest absolute Gasteiger partial charge is 0.292 e. The number of anilines is 1. The van der Waals surface area contributed by atoms with E-state index in [1.54, 1.807) is 23.0 Å². The zero-order valence-electron chi connectivity index (χ0n) is 17.3. The second-order valence-electron chi connectivity index (χ2n) is 7.26. The first-order chi connectivity index (χ1) is 15.0. The molecule has 31 heavy (non-hydrogen) atoms. The van der Waals surface area contributed by atoms with Gasteiger partial charge in [0, 0.05) is 6.20 Å². The van der Waals surface area contributed by atoms with Gasteiger partial charge in [0.2, 0.25) is 0 Å². The van der Waals surface area contributed by atoms with Gasteiger partial charge in [-0.2, -0.15) is 5.10 Å². The van der Waals surface area contributed by atoms with Gasteiger partial charge in [0.25, 0.3) is 5.91 Å². The van der Waals surface area contributed by atoms with Gasteiger partial charge in [-0.05, 0) is 54.8 Å². The van der Waals surface area contributed by atoms with Gasteiger partial charge in [0.05, 0.1) is 6.54 Å². The molecule has 1 amide bonds. The number of ether oxygens (including phenoxy) is 1. The summed E-state index contributed by atoms with van der Waals surface area (Å²) in [7, 11) is 0. The topological polar surface area (TPSA) is 69.3 Å². The van der Waals surface area contributed by atoms with Crippen LogP contribution in [0.15, 0.2) is 71.3 Å². The number of benzene rings is 2. The Labute approximate surface area is 185 Å². The molecule has 0 unspecified atom stereocenters. The number of carbonyl (C=O) groups excluding carboxylic acids is 1. The zero-order chi connectivity index (χ0) is 21.8. The minimum absolute atomic E-state index is 0.160. The van der Waals surface area contributed by atoms with Crippen LogP contribution in [0.3, 0.4) is 0 Å². The lowest BCUT2D eigenvalue weighted by atomic mass is 10.1. The molecule has 2 aromatic heterocycles. The standard InChI is InChI=1S/C24H22ClN3O3/c1-16-8-9-19(12-17(16)2)30-15-20-10-11-22(31-20)24(29)26-23-21(25)14-28(27-23)13-18-6-4-3-5-7-18/h3-12,14H,13,15H2,1-2H3,(H,26,27,29). The lowest BCUT2D eigenvalue weighted by Gasteiger charge is -2.06. The summed E-state index contributed by atoms with van der Waals surface area (Å²) in [4.78, 5) is 12.6. The molecule has 4 rings (SSSR count). The fourth-order valence-electron chi connectivity index (χ4n) is 3.04. The van der Waals surface area contributed by atoms with Crippen molar-refractivity contribution >= 4 is 23.3 Å². The largest absolute Gasteiger partial charge is 0.486 e. The normalized spacial score (nSPS) is 10.8. The van der Waals surface area contributed by atoms with Gasteiger partial charge in [-0.1, -0.05) is 48.0 Å². The Morgan fingerprint density at radius 2 is 1.90 bits per heavy atom. The molecule has 0 fully saturated rings. The van der Waals surface area contributed by atoms with Gasteiger partial charge >= 0.3 is 0 Å². The molecular weight excluding hydrogens is 414 g/mol. The van der Waals surface area contributed by atoms with Crippen molar-refractivity contribution in [2.45, 2.75) is 27.0 Å². The number of rotatable bonds is 7. The van der Waals surface area contributed by atoms with Crippen LogP contribution in [0, 0.1) is 13.8 Å². The van der Waals surface area contributed by atoms with Crippen molar-refractivity contribution in [1.29, 1.82) is 0 Å². The second-order valence-corrected chi connectivity index (χ2v) is 7.67. The molecule has 4 aromatic rings. The number of aryl methyl sites for hydroxylation is 2. The van der Waals surface area contributed by atoms with Gasteiger partial charge in [0.15, 0.2) is 11.6 Å². The Bertz CT molecular complexity index is 1200. The summed E-state index contributed by atoms with van der Waals surface area (Å²) >= 11 is 6.24. The molecule has 0 bridgehead atoms. The number of nitrogens with zero attached hydrogens (tertiary/aromatic N) is 2. The first kappa shape index (κ1) is 20.8. The molecule has 6 nitrogen and oxygen atoms in total. The summed E-state index contributed by atoms with van der Waals surface area (Å²) in [6.45, 7) is 4.86. The Morgan fingerprint density at radius 3 is 2.68 bits per heavy atom. The van der Waals surface area contributed by atoms with Crippen molar-refractivity contribution in [3.8, 4) is 5.75 Å². The third kappa shape index (κ3) is 5.16. The summed E-state index contributed by atoms with van der Waals surface area (Å²) in [5, 5.41) is 7.41. The first-order valence-electron chi connectivity index (χ1n) is 9.85. The minimum Gasteiger partial charge on any atom is -0.486 e. The highest BCUT2D eigenvalue weighted by atomic mass is 35.5. The van der Waals surface area contributed by atoms with Crippen LogP contribution in [0.2, 0.25) is 5.02 Å². The van der Waals surface area contributed by atoms with Crippen LogP contribution in [0.25, 0.3) is 0 Å². The number of aromatic nitrogens is 2. The second kappa shape index (κ2) is 9.10. The number of furan rings is 1. The maximum atomic E-state index is 12.6. The third-order valence-electron chi connectivity index (χ3n) is 4.88. The summed E-state index contributed by atoms with van der Waals surface area (Å²) in [5.74, 6) is 1.31. The molecule has 7 heteroatoms. The molecule has 1 N–H and O–H groups in total. The number of halogens is 1. The Kier molecular flexibility index (Phi) is 6.09. The highest BCUT2D eigenvalue weighted by Gasteiger charge is 2.16. The van der Waals surface area contributed by atoms with Gasteiger partial charge in [0.1, 0.15) is 23.1 Å². The van der Waals surface area contributed by atoms with E-state index in [9.17, 15) is 4.79 Å². The van der Waals surface area contributed by atoms with Crippen molar-refractivity contribution in [2.24, 2.45) is 0 Å². The van der Waals surface area contributed by atoms with Crippen molar-refractivity contribution in [2.75, 3.05) is 5.32 Å². The molecule has 0 aliphatic carbocycles. The molecule has 0 radical (unpaired) electrons. The van der Waals surface area contributed by atoms with E-state index in [4.69, 9.17) is 20.8 Å². The number of amides is 1. The molecule has 158 valence electrons. The minimum atomic E-state index is -0.427. The average Bonchev–Trinajstić information content (AvgIpc) is 3.36. The highest BCUT2D eigenvalue weighted by Crippen LogP contribution is 2.22. The van der Waals surface area contributed by atoms with Crippen molar-refractivity contribution < 1.29 is 13.9 Å². The number of hydrogen-bond acceptors (Lipinski definition) is 4. The van der Waals surface area contributed by atoms with E-state index in [0.717, 1.165) is 16.9 Å². The zero-order valence-corrected chi connectivity index (χ0v) is 18.0. The van der Waals surface area contributed by atoms with E-state index in [1.807, 2.05) is 62.4 Å². The predicted octanol–water partition coefficient (Wildman–Crippen LogP) is 5.63. The van der Waals surface area contributed by atoms with Gasteiger partial charge in [-0.25, -0.2) is 0 Å². The SMILES string of the molecule is Cc1ccc(OCc2ccc(C(=O)Nc3nn(Cc4ccccc4)cc3Cl)o2)cc1C. The fraction of sp³-hybridized carbons (Fsp3) is 0.167. The molecule has 2 aromatic carbocycles. The van der Waals surface area contributed by atoms with Crippen LogP contribution in [0.1, 0.15) is 33.0 Å². The van der Waals surface area contributed by atoms with Crippen LogP contribution in [0.4, 0.5) is 5.82 Å². The molecule has 2 heterocycles. The van der Waals surface area contributed by atoms with Crippen LogP contribution in [-0.2, 0) is 13.2 Å². The molecule has 0 aliphatic heterocycles. The number of hydrogen-bond donors (Lipinski definition) is 1. The lowest BCUT2D eigenvalue weighted by Crippen LogP contribution is -2.12. The predicted molar refractivity (Wildman–Crippen MR) is 120 cm³/mol. The average molecular weight is 436 g/mol. The van der Waals surface area contributed by atoms with E-state index < -0.39 is 5.91 Å². The van der Waals surface area contributed by atoms with Crippen LogP contribution in [-0.4, -0.2) is 15.7 Å². The quantitative estimate of drug-likeness (QED) is 0.408. The first-order valence-corrected chi connectivity index (χ1v) is 10.2. The third-order valence-corrected chi connectivity index (χ3v) is 5.16. The van der Waals surface area contributed by atoms with Gasteiger partial charge in [-0.15, -0.1) is 0 Å². The Balaban J connectivity index is 1.37. The Morgan fingerprint density at radius 1 is 1.10 bits per heavy atom.